The molecule has 22 heavy (non-hydrogen) atoms. The predicted molar refractivity (Wildman–Crippen MR) is 83.1 cm³/mol. The number of primary amides is 1. The van der Waals surface area contributed by atoms with E-state index in [4.69, 9.17) is 10.9 Å². The molecule has 0 atom stereocenters. The van der Waals surface area contributed by atoms with Crippen molar-refractivity contribution in [3.8, 4) is 11.8 Å². The zero-order chi connectivity index (χ0) is 15.9. The first-order valence-corrected chi connectivity index (χ1v) is 7.45. The molecule has 2 aromatic rings. The summed E-state index contributed by atoms with van der Waals surface area (Å²) in [7, 11) is 0. The first kappa shape index (κ1) is 16.0. The smallest absolute Gasteiger partial charge is 0.339 e. The Balaban J connectivity index is 1.88. The molecular weight excluding hydrogens is 303 g/mol. The molecule has 0 aliphatic rings. The molecule has 0 unspecified atom stereocenters. The van der Waals surface area contributed by atoms with Crippen LogP contribution in [0.5, 0.6) is 0 Å². The van der Waals surface area contributed by atoms with Gasteiger partial charge in [0.05, 0.1) is 0 Å². The third-order valence-electron chi connectivity index (χ3n) is 2.90. The van der Waals surface area contributed by atoms with E-state index in [0.717, 1.165) is 22.4 Å². The van der Waals surface area contributed by atoms with Gasteiger partial charge in [0.15, 0.2) is 0 Å². The molecule has 0 radical (unpaired) electrons. The Hall–Kier alpha value is -2.36. The van der Waals surface area contributed by atoms with Crippen LogP contribution in [0.25, 0.3) is 0 Å². The number of hydrogen-bond acceptors (Lipinski definition) is 3. The van der Waals surface area contributed by atoms with Gasteiger partial charge < -0.3 is 5.73 Å². The summed E-state index contributed by atoms with van der Waals surface area (Å²) in [6.45, 7) is -0.108. The number of hydrogen-bond donors (Lipinski definition) is 2. The van der Waals surface area contributed by atoms with Gasteiger partial charge in [0.2, 0.25) is 0 Å². The van der Waals surface area contributed by atoms with Crippen LogP contribution in [0.3, 0.4) is 0 Å². The minimum Gasteiger partial charge on any atom is -0.350 e. The summed E-state index contributed by atoms with van der Waals surface area (Å²) in [5.74, 6) is 5.31. The lowest BCUT2D eigenvalue weighted by atomic mass is 10.1. The second-order valence-electron chi connectivity index (χ2n) is 4.65. The zero-order valence-electron chi connectivity index (χ0n) is 11.8. The van der Waals surface area contributed by atoms with E-state index >= 15 is 0 Å². The van der Waals surface area contributed by atoms with Crippen molar-refractivity contribution in [1.82, 2.24) is 5.06 Å². The van der Waals surface area contributed by atoms with Gasteiger partial charge in [-0.2, -0.15) is 5.06 Å². The van der Waals surface area contributed by atoms with E-state index in [9.17, 15) is 9.18 Å². The number of nitrogens with zero attached hydrogens (tertiary/aromatic N) is 1. The maximum Gasteiger partial charge on any atom is 0.339 e. The Labute approximate surface area is 131 Å². The van der Waals surface area contributed by atoms with Gasteiger partial charge in [-0.05, 0) is 41.1 Å². The Morgan fingerprint density at radius 3 is 2.68 bits per heavy atom. The molecule has 0 aliphatic heterocycles. The van der Waals surface area contributed by atoms with Crippen molar-refractivity contribution in [2.75, 3.05) is 6.54 Å². The van der Waals surface area contributed by atoms with Crippen LogP contribution in [0.4, 0.5) is 9.18 Å². The van der Waals surface area contributed by atoms with Crippen molar-refractivity contribution in [2.24, 2.45) is 5.73 Å². The van der Waals surface area contributed by atoms with Gasteiger partial charge in [-0.3, -0.25) is 5.21 Å². The van der Waals surface area contributed by atoms with Crippen LogP contribution in [-0.4, -0.2) is 22.8 Å². The van der Waals surface area contributed by atoms with Crippen LogP contribution in [0.15, 0.2) is 35.7 Å². The van der Waals surface area contributed by atoms with E-state index in [0.29, 0.717) is 11.5 Å². The highest BCUT2D eigenvalue weighted by atomic mass is 32.1. The number of urea groups is 1. The lowest BCUT2D eigenvalue weighted by Crippen LogP contribution is -2.32. The van der Waals surface area contributed by atoms with Crippen LogP contribution in [0, 0.1) is 17.7 Å². The first-order valence-electron chi connectivity index (χ1n) is 6.57. The van der Waals surface area contributed by atoms with Crippen molar-refractivity contribution >= 4 is 17.4 Å². The minimum absolute atomic E-state index is 0.108. The lowest BCUT2D eigenvalue weighted by Gasteiger charge is -2.05. The fraction of sp³-hybridized carbons (Fsp3) is 0.188. The largest absolute Gasteiger partial charge is 0.350 e. The topological polar surface area (TPSA) is 66.6 Å². The van der Waals surface area contributed by atoms with Crippen LogP contribution in [-0.2, 0) is 12.8 Å². The Morgan fingerprint density at radius 1 is 1.27 bits per heavy atom. The number of carbonyl (C=O) groups is 1. The molecule has 0 bridgehead atoms. The number of thiophene rings is 1. The van der Waals surface area contributed by atoms with Crippen LogP contribution < -0.4 is 5.73 Å². The van der Waals surface area contributed by atoms with Crippen molar-refractivity contribution in [2.45, 2.75) is 12.8 Å². The van der Waals surface area contributed by atoms with Crippen molar-refractivity contribution in [1.29, 1.82) is 0 Å². The molecule has 0 spiro atoms. The van der Waals surface area contributed by atoms with E-state index in [1.165, 1.54) is 12.1 Å². The number of carbonyl (C=O) groups excluding carboxylic acids is 1. The van der Waals surface area contributed by atoms with Crippen molar-refractivity contribution < 1.29 is 14.4 Å². The molecular formula is C16H15FN2O2S. The molecule has 1 aromatic heterocycles. The zero-order valence-corrected chi connectivity index (χ0v) is 12.6. The van der Waals surface area contributed by atoms with E-state index < -0.39 is 6.03 Å². The summed E-state index contributed by atoms with van der Waals surface area (Å²) in [4.78, 5) is 11.7. The number of benzene rings is 1. The van der Waals surface area contributed by atoms with E-state index in [-0.39, 0.29) is 12.4 Å². The Morgan fingerprint density at radius 2 is 2.00 bits per heavy atom. The molecule has 0 saturated carbocycles. The van der Waals surface area contributed by atoms with E-state index in [1.54, 1.807) is 23.5 Å². The van der Waals surface area contributed by atoms with E-state index in [2.05, 4.69) is 11.8 Å². The fourth-order valence-corrected chi connectivity index (χ4v) is 2.64. The van der Waals surface area contributed by atoms with Crippen molar-refractivity contribution in [3.63, 3.8) is 0 Å². The second kappa shape index (κ2) is 7.59. The van der Waals surface area contributed by atoms with Crippen molar-refractivity contribution in [3.05, 3.63) is 57.5 Å². The second-order valence-corrected chi connectivity index (χ2v) is 5.65. The molecule has 4 nitrogen and oxygen atoms in total. The van der Waals surface area contributed by atoms with E-state index in [1.807, 2.05) is 11.4 Å². The van der Waals surface area contributed by atoms with Crippen LogP contribution in [0.1, 0.15) is 16.0 Å². The molecule has 0 saturated heterocycles. The van der Waals surface area contributed by atoms with Crippen LogP contribution in [0.2, 0.25) is 0 Å². The normalized spacial score (nSPS) is 9.91. The highest BCUT2D eigenvalue weighted by Crippen LogP contribution is 2.18. The average Bonchev–Trinajstić information content (AvgIpc) is 2.93. The predicted octanol–water partition coefficient (Wildman–Crippen LogP) is 2.79. The molecule has 1 aromatic carbocycles. The summed E-state index contributed by atoms with van der Waals surface area (Å²) in [5.41, 5.74) is 7.06. The molecule has 2 rings (SSSR count). The molecule has 114 valence electrons. The van der Waals surface area contributed by atoms with Gasteiger partial charge in [-0.1, -0.05) is 24.0 Å². The minimum atomic E-state index is -0.924. The number of halogens is 1. The number of rotatable bonds is 4. The number of amides is 2. The maximum atomic E-state index is 12.8. The summed E-state index contributed by atoms with van der Waals surface area (Å²) in [5, 5.41) is 11.4. The Bertz CT molecular complexity index is 701. The SMILES string of the molecule is NC(=O)N(O)CC#CCc1cc(Cc2ccc(F)cc2)cs1. The lowest BCUT2D eigenvalue weighted by molar-refractivity contribution is -0.0269. The number of nitrogens with two attached hydrogens (primary N) is 1. The monoisotopic (exact) mass is 318 g/mol. The maximum absolute atomic E-state index is 12.8. The van der Waals surface area contributed by atoms with Gasteiger partial charge in [0.25, 0.3) is 0 Å². The molecule has 0 aliphatic carbocycles. The molecule has 0 fully saturated rings. The molecule has 3 N–H and O–H groups in total. The first-order chi connectivity index (χ1) is 10.5. The van der Waals surface area contributed by atoms with Gasteiger partial charge in [-0.15, -0.1) is 11.3 Å². The van der Waals surface area contributed by atoms with Gasteiger partial charge in [-0.25, -0.2) is 9.18 Å². The summed E-state index contributed by atoms with van der Waals surface area (Å²) >= 11 is 1.59. The summed E-state index contributed by atoms with van der Waals surface area (Å²) in [6.07, 6.45) is 1.29. The fourth-order valence-electron chi connectivity index (χ4n) is 1.81. The highest BCUT2D eigenvalue weighted by molar-refractivity contribution is 7.10. The number of hydroxylamine groups is 2. The summed E-state index contributed by atoms with van der Waals surface area (Å²) in [6, 6.07) is 7.57. The molecule has 6 heteroatoms. The quantitative estimate of drug-likeness (QED) is 0.517. The molecule has 1 heterocycles. The van der Waals surface area contributed by atoms with Gasteiger partial charge in [0.1, 0.15) is 12.4 Å². The standard InChI is InChI=1S/C16H15FN2O2S/c17-14-6-4-12(5-7-14)9-13-10-15(22-11-13)3-1-2-8-19(21)16(18)20/h4-7,10-11,21H,3,8-9H2,(H2,18,20). The highest BCUT2D eigenvalue weighted by Gasteiger charge is 2.02. The summed E-state index contributed by atoms with van der Waals surface area (Å²) < 4.78 is 12.8. The average molecular weight is 318 g/mol. The van der Waals surface area contributed by atoms with Crippen LogP contribution >= 0.6 is 11.3 Å². The van der Waals surface area contributed by atoms with Gasteiger partial charge >= 0.3 is 6.03 Å². The third kappa shape index (κ3) is 4.88. The van der Waals surface area contributed by atoms with Gasteiger partial charge in [0, 0.05) is 11.3 Å². The Kier molecular flexibility index (Phi) is 5.53. The molecule has 2 amide bonds. The third-order valence-corrected chi connectivity index (χ3v) is 3.89.